The number of hydrogen-bond donors (Lipinski definition) is 0. The smallest absolute Gasteiger partial charge is 0.334 e. The number of unbranched alkanes of at least 4 members (excludes halogenated alkanes) is 6. The first-order chi connectivity index (χ1) is 9.72. The molecular formula is C17H30O3. The van der Waals surface area contributed by atoms with Crippen molar-refractivity contribution in [1.82, 2.24) is 0 Å². The van der Waals surface area contributed by atoms with Gasteiger partial charge in [-0.05, 0) is 32.6 Å². The van der Waals surface area contributed by atoms with E-state index in [0.29, 0.717) is 13.2 Å². The van der Waals surface area contributed by atoms with E-state index in [2.05, 4.69) is 13.2 Å². The van der Waals surface area contributed by atoms with Gasteiger partial charge in [-0.15, -0.1) is 13.2 Å². The molecule has 1 atom stereocenters. The maximum atomic E-state index is 11.6. The minimum Gasteiger partial charge on any atom is -0.464 e. The van der Waals surface area contributed by atoms with Crippen molar-refractivity contribution in [3.05, 3.63) is 25.3 Å². The number of esters is 1. The normalized spacial score (nSPS) is 11.8. The van der Waals surface area contributed by atoms with Crippen LogP contribution in [0.3, 0.4) is 0 Å². The predicted molar refractivity (Wildman–Crippen MR) is 83.7 cm³/mol. The molecule has 1 unspecified atom stereocenters. The number of carbonyl (C=O) groups excluding carboxylic acids is 1. The fourth-order valence-corrected chi connectivity index (χ4v) is 1.78. The van der Waals surface area contributed by atoms with Crippen LogP contribution in [0.4, 0.5) is 0 Å². The number of allylic oxidation sites excluding steroid dienone is 1. The third-order valence-electron chi connectivity index (χ3n) is 3.07. The van der Waals surface area contributed by atoms with E-state index in [1.54, 1.807) is 13.0 Å². The molecule has 0 aliphatic carbocycles. The second kappa shape index (κ2) is 14.3. The van der Waals surface area contributed by atoms with Gasteiger partial charge in [0.05, 0.1) is 13.2 Å². The lowest BCUT2D eigenvalue weighted by molar-refractivity contribution is -0.156. The molecule has 0 saturated heterocycles. The molecule has 0 aliphatic heterocycles. The zero-order chi connectivity index (χ0) is 15.1. The molecule has 0 heterocycles. The van der Waals surface area contributed by atoms with Crippen molar-refractivity contribution in [1.29, 1.82) is 0 Å². The summed E-state index contributed by atoms with van der Waals surface area (Å²) in [7, 11) is 0. The first-order valence-corrected chi connectivity index (χ1v) is 7.72. The summed E-state index contributed by atoms with van der Waals surface area (Å²) < 4.78 is 10.5. The number of hydrogen-bond acceptors (Lipinski definition) is 3. The summed E-state index contributed by atoms with van der Waals surface area (Å²) in [5.41, 5.74) is 0. The SMILES string of the molecule is C=CCCCCCCCCOC(=O)C(C)OCCC=C. The summed E-state index contributed by atoms with van der Waals surface area (Å²) in [4.78, 5) is 11.6. The molecule has 0 rings (SSSR count). The van der Waals surface area contributed by atoms with Crippen LogP contribution in [0, 0.1) is 0 Å². The highest BCUT2D eigenvalue weighted by atomic mass is 16.6. The second-order valence-corrected chi connectivity index (χ2v) is 4.96. The maximum Gasteiger partial charge on any atom is 0.334 e. The number of carbonyl (C=O) groups is 1. The van der Waals surface area contributed by atoms with Gasteiger partial charge in [-0.3, -0.25) is 0 Å². The molecule has 0 N–H and O–H groups in total. The molecule has 0 spiro atoms. The Morgan fingerprint density at radius 1 is 0.950 bits per heavy atom. The summed E-state index contributed by atoms with van der Waals surface area (Å²) in [5.74, 6) is -0.264. The van der Waals surface area contributed by atoms with E-state index < -0.39 is 6.10 Å². The fraction of sp³-hybridized carbons (Fsp3) is 0.706. The summed E-state index contributed by atoms with van der Waals surface area (Å²) in [5, 5.41) is 0. The van der Waals surface area contributed by atoms with Crippen molar-refractivity contribution in [2.75, 3.05) is 13.2 Å². The fourth-order valence-electron chi connectivity index (χ4n) is 1.78. The molecule has 0 aliphatic rings. The standard InChI is InChI=1S/C17H30O3/c1-4-6-8-9-10-11-12-13-15-20-17(18)16(3)19-14-7-5-2/h4-5,16H,1-2,6-15H2,3H3. The highest BCUT2D eigenvalue weighted by Crippen LogP contribution is 2.07. The van der Waals surface area contributed by atoms with Crippen molar-refractivity contribution < 1.29 is 14.3 Å². The zero-order valence-electron chi connectivity index (χ0n) is 12.9. The van der Waals surface area contributed by atoms with Gasteiger partial charge in [0.15, 0.2) is 6.10 Å². The number of ether oxygens (including phenoxy) is 2. The Balaban J connectivity index is 3.34. The van der Waals surface area contributed by atoms with Crippen LogP contribution in [-0.4, -0.2) is 25.3 Å². The first-order valence-electron chi connectivity index (χ1n) is 7.72. The Bertz CT molecular complexity index is 261. The Kier molecular flexibility index (Phi) is 13.5. The summed E-state index contributed by atoms with van der Waals surface area (Å²) in [6.45, 7) is 10.1. The van der Waals surface area contributed by atoms with E-state index in [9.17, 15) is 4.79 Å². The van der Waals surface area contributed by atoms with Crippen LogP contribution in [0.2, 0.25) is 0 Å². The molecule has 0 aromatic rings. The third-order valence-corrected chi connectivity index (χ3v) is 3.07. The molecule has 0 radical (unpaired) electrons. The molecule has 3 heteroatoms. The average Bonchev–Trinajstić information content (AvgIpc) is 2.45. The van der Waals surface area contributed by atoms with Gasteiger partial charge in [0.2, 0.25) is 0 Å². The van der Waals surface area contributed by atoms with Crippen LogP contribution in [0.15, 0.2) is 25.3 Å². The Morgan fingerprint density at radius 2 is 1.55 bits per heavy atom. The van der Waals surface area contributed by atoms with Crippen LogP contribution >= 0.6 is 0 Å². The van der Waals surface area contributed by atoms with Crippen LogP contribution in [0.5, 0.6) is 0 Å². The van der Waals surface area contributed by atoms with Crippen LogP contribution < -0.4 is 0 Å². The molecule has 0 fully saturated rings. The third kappa shape index (κ3) is 12.0. The van der Waals surface area contributed by atoms with E-state index >= 15 is 0 Å². The topological polar surface area (TPSA) is 35.5 Å². The predicted octanol–water partition coefficient (Wildman–Crippen LogP) is 4.43. The van der Waals surface area contributed by atoms with Gasteiger partial charge < -0.3 is 9.47 Å². The van der Waals surface area contributed by atoms with Crippen LogP contribution in [0.1, 0.15) is 58.3 Å². The van der Waals surface area contributed by atoms with Crippen molar-refractivity contribution in [2.24, 2.45) is 0 Å². The van der Waals surface area contributed by atoms with Gasteiger partial charge in [0.25, 0.3) is 0 Å². The van der Waals surface area contributed by atoms with Crippen molar-refractivity contribution in [3.8, 4) is 0 Å². The van der Waals surface area contributed by atoms with E-state index in [1.807, 2.05) is 6.08 Å². The van der Waals surface area contributed by atoms with Gasteiger partial charge in [0.1, 0.15) is 0 Å². The van der Waals surface area contributed by atoms with E-state index in [1.165, 1.54) is 25.7 Å². The van der Waals surface area contributed by atoms with E-state index in [0.717, 1.165) is 25.7 Å². The Morgan fingerprint density at radius 3 is 2.20 bits per heavy atom. The lowest BCUT2D eigenvalue weighted by atomic mass is 10.1. The molecule has 116 valence electrons. The van der Waals surface area contributed by atoms with Crippen LogP contribution in [-0.2, 0) is 14.3 Å². The van der Waals surface area contributed by atoms with Gasteiger partial charge >= 0.3 is 5.97 Å². The lowest BCUT2D eigenvalue weighted by Gasteiger charge is -2.11. The lowest BCUT2D eigenvalue weighted by Crippen LogP contribution is -2.24. The van der Waals surface area contributed by atoms with Gasteiger partial charge in [-0.2, -0.15) is 0 Å². The monoisotopic (exact) mass is 282 g/mol. The van der Waals surface area contributed by atoms with Gasteiger partial charge in [-0.1, -0.05) is 37.8 Å². The van der Waals surface area contributed by atoms with Gasteiger partial charge in [0, 0.05) is 0 Å². The molecule has 0 saturated carbocycles. The molecule has 0 aromatic heterocycles. The maximum absolute atomic E-state index is 11.6. The van der Waals surface area contributed by atoms with Gasteiger partial charge in [-0.25, -0.2) is 4.79 Å². The molecule has 0 aromatic carbocycles. The Labute approximate surface area is 124 Å². The quantitative estimate of drug-likeness (QED) is 0.269. The summed E-state index contributed by atoms with van der Waals surface area (Å²) in [6, 6.07) is 0. The molecule has 0 bridgehead atoms. The zero-order valence-corrected chi connectivity index (χ0v) is 12.9. The minimum absolute atomic E-state index is 0.264. The molecular weight excluding hydrogens is 252 g/mol. The van der Waals surface area contributed by atoms with Crippen molar-refractivity contribution in [3.63, 3.8) is 0 Å². The minimum atomic E-state index is -0.478. The summed E-state index contributed by atoms with van der Waals surface area (Å²) >= 11 is 0. The first kappa shape index (κ1) is 18.9. The van der Waals surface area contributed by atoms with E-state index in [4.69, 9.17) is 9.47 Å². The highest BCUT2D eigenvalue weighted by Gasteiger charge is 2.13. The molecule has 0 amide bonds. The average molecular weight is 282 g/mol. The second-order valence-electron chi connectivity index (χ2n) is 4.96. The van der Waals surface area contributed by atoms with Crippen LogP contribution in [0.25, 0.3) is 0 Å². The molecule has 3 nitrogen and oxygen atoms in total. The highest BCUT2D eigenvalue weighted by molar-refractivity contribution is 5.74. The van der Waals surface area contributed by atoms with Crippen molar-refractivity contribution in [2.45, 2.75) is 64.4 Å². The Hall–Kier alpha value is -1.09. The molecule has 20 heavy (non-hydrogen) atoms. The van der Waals surface area contributed by atoms with E-state index in [-0.39, 0.29) is 5.97 Å². The number of rotatable bonds is 14. The summed E-state index contributed by atoms with van der Waals surface area (Å²) in [6.07, 6.45) is 12.1. The van der Waals surface area contributed by atoms with Crippen molar-refractivity contribution >= 4 is 5.97 Å². The largest absolute Gasteiger partial charge is 0.464 e.